The number of rotatable bonds is 1. The molecule has 4 heterocycles. The van der Waals surface area contributed by atoms with Crippen LogP contribution in [0.5, 0.6) is 0 Å². The lowest BCUT2D eigenvalue weighted by molar-refractivity contribution is 0.0756. The number of nitrogens with zero attached hydrogens (tertiary/aromatic N) is 4. The van der Waals surface area contributed by atoms with Crippen molar-refractivity contribution >= 4 is 39.2 Å². The van der Waals surface area contributed by atoms with Crippen LogP contribution in [0.25, 0.3) is 5.65 Å². The Morgan fingerprint density at radius 1 is 1.39 bits per heavy atom. The maximum absolute atomic E-state index is 12.7. The zero-order valence-corrected chi connectivity index (χ0v) is 14.7. The Kier molecular flexibility index (Phi) is 3.65. The Morgan fingerprint density at radius 2 is 2.22 bits per heavy atom. The molecule has 8 heteroatoms. The molecule has 0 spiro atoms. The van der Waals surface area contributed by atoms with Gasteiger partial charge >= 0.3 is 0 Å². The third kappa shape index (κ3) is 2.76. The van der Waals surface area contributed by atoms with Crippen LogP contribution in [-0.4, -0.2) is 38.5 Å². The van der Waals surface area contributed by atoms with Crippen LogP contribution in [0.2, 0.25) is 0 Å². The van der Waals surface area contributed by atoms with Gasteiger partial charge in [-0.3, -0.25) is 4.79 Å². The molecule has 0 radical (unpaired) electrons. The largest absolute Gasteiger partial charge is 0.353 e. The van der Waals surface area contributed by atoms with Gasteiger partial charge in [-0.1, -0.05) is 18.3 Å². The molecule has 0 saturated carbocycles. The van der Waals surface area contributed by atoms with Crippen molar-refractivity contribution in [1.82, 2.24) is 24.8 Å². The molecule has 0 aliphatic carbocycles. The molecule has 118 valence electrons. The molecular weight excluding hydrogens is 378 g/mol. The van der Waals surface area contributed by atoms with E-state index in [-0.39, 0.29) is 5.91 Å². The SMILES string of the molecule is C=C1NC2=C(CCN(C(=O)c3cc4ncc(Br)cn4n3)CC2)S1. The van der Waals surface area contributed by atoms with Crippen LogP contribution >= 0.6 is 27.7 Å². The average molecular weight is 392 g/mol. The number of amides is 1. The number of hydrogen-bond donors (Lipinski definition) is 1. The van der Waals surface area contributed by atoms with E-state index < -0.39 is 0 Å². The van der Waals surface area contributed by atoms with Gasteiger partial charge in [0.1, 0.15) is 0 Å². The zero-order chi connectivity index (χ0) is 16.0. The first-order chi connectivity index (χ1) is 11.1. The second-order valence-corrected chi connectivity index (χ2v) is 7.55. The van der Waals surface area contributed by atoms with Gasteiger partial charge in [-0.2, -0.15) is 5.10 Å². The third-order valence-electron chi connectivity index (χ3n) is 3.90. The van der Waals surface area contributed by atoms with Crippen LogP contribution in [0.3, 0.4) is 0 Å². The van der Waals surface area contributed by atoms with Crippen LogP contribution in [0, 0.1) is 0 Å². The summed E-state index contributed by atoms with van der Waals surface area (Å²) in [5.41, 5.74) is 2.30. The van der Waals surface area contributed by atoms with Gasteiger partial charge in [0.25, 0.3) is 5.91 Å². The van der Waals surface area contributed by atoms with Gasteiger partial charge < -0.3 is 10.2 Å². The van der Waals surface area contributed by atoms with Crippen LogP contribution < -0.4 is 5.32 Å². The highest BCUT2D eigenvalue weighted by atomic mass is 79.9. The normalized spacial score (nSPS) is 18.1. The molecule has 1 N–H and O–H groups in total. The maximum atomic E-state index is 12.7. The monoisotopic (exact) mass is 391 g/mol. The van der Waals surface area contributed by atoms with Gasteiger partial charge in [-0.15, -0.1) is 0 Å². The van der Waals surface area contributed by atoms with Crippen LogP contribution in [-0.2, 0) is 0 Å². The van der Waals surface area contributed by atoms with Crippen molar-refractivity contribution in [2.45, 2.75) is 12.8 Å². The first-order valence-electron chi connectivity index (χ1n) is 7.26. The standard InChI is InChI=1S/C15H14BrN5OS/c1-9-18-11-2-4-20(5-3-13(11)23-9)15(22)12-6-14-17-7-10(16)8-21(14)19-12/h6-8,18H,1-5H2. The Balaban J connectivity index is 1.54. The first kappa shape index (κ1) is 14.8. The molecule has 1 amide bonds. The number of halogens is 1. The second-order valence-electron chi connectivity index (χ2n) is 5.45. The number of thioether (sulfide) groups is 1. The Hall–Kier alpha value is -1.80. The van der Waals surface area contributed by atoms with Crippen molar-refractivity contribution < 1.29 is 4.79 Å². The summed E-state index contributed by atoms with van der Waals surface area (Å²) >= 11 is 5.04. The summed E-state index contributed by atoms with van der Waals surface area (Å²) in [6.45, 7) is 5.33. The molecule has 0 saturated heterocycles. The fourth-order valence-corrected chi connectivity index (χ4v) is 4.03. The minimum atomic E-state index is -0.0448. The Labute approximate surface area is 145 Å². The van der Waals surface area contributed by atoms with Gasteiger partial charge in [0.05, 0.1) is 9.50 Å². The van der Waals surface area contributed by atoms with Crippen LogP contribution in [0.4, 0.5) is 0 Å². The van der Waals surface area contributed by atoms with Crippen molar-refractivity contribution in [3.8, 4) is 0 Å². The summed E-state index contributed by atoms with van der Waals surface area (Å²) in [6.07, 6.45) is 5.17. The third-order valence-corrected chi connectivity index (χ3v) is 5.36. The molecule has 2 aromatic rings. The predicted molar refractivity (Wildman–Crippen MR) is 92.7 cm³/mol. The first-order valence-corrected chi connectivity index (χ1v) is 8.87. The summed E-state index contributed by atoms with van der Waals surface area (Å²) in [5, 5.41) is 8.62. The Morgan fingerprint density at radius 3 is 3.09 bits per heavy atom. The van der Waals surface area contributed by atoms with Gasteiger partial charge in [0, 0.05) is 48.6 Å². The molecule has 0 aromatic carbocycles. The molecule has 0 fully saturated rings. The summed E-state index contributed by atoms with van der Waals surface area (Å²) < 4.78 is 2.44. The second kappa shape index (κ2) is 5.68. The Bertz CT molecular complexity index is 837. The van der Waals surface area contributed by atoms with Crippen LogP contribution in [0.15, 0.2) is 45.1 Å². The van der Waals surface area contributed by atoms with E-state index in [1.165, 1.54) is 10.6 Å². The van der Waals surface area contributed by atoms with E-state index in [9.17, 15) is 4.79 Å². The lowest BCUT2D eigenvalue weighted by atomic mass is 10.3. The number of nitrogens with one attached hydrogen (secondary N) is 1. The van der Waals surface area contributed by atoms with Gasteiger partial charge in [-0.05, 0) is 22.4 Å². The van der Waals surface area contributed by atoms with E-state index in [1.54, 1.807) is 34.7 Å². The maximum Gasteiger partial charge on any atom is 0.274 e. The van der Waals surface area contributed by atoms with Crippen molar-refractivity contribution in [2.75, 3.05) is 13.1 Å². The van der Waals surface area contributed by atoms with E-state index in [1.807, 2.05) is 4.90 Å². The van der Waals surface area contributed by atoms with Gasteiger partial charge in [0.2, 0.25) is 0 Å². The van der Waals surface area contributed by atoms with Crippen molar-refractivity contribution in [2.24, 2.45) is 0 Å². The van der Waals surface area contributed by atoms with Crippen LogP contribution in [0.1, 0.15) is 23.3 Å². The smallest absolute Gasteiger partial charge is 0.274 e. The highest BCUT2D eigenvalue weighted by Gasteiger charge is 2.26. The number of carbonyl (C=O) groups is 1. The quantitative estimate of drug-likeness (QED) is 0.809. The molecule has 2 aromatic heterocycles. The molecule has 2 aliphatic heterocycles. The summed E-state index contributed by atoms with van der Waals surface area (Å²) in [5.74, 6) is -0.0448. The molecule has 0 unspecified atom stereocenters. The van der Waals surface area contributed by atoms with E-state index in [0.29, 0.717) is 24.4 Å². The average Bonchev–Trinajstić information content (AvgIpc) is 3.04. The molecular formula is C15H14BrN5OS. The topological polar surface area (TPSA) is 62.5 Å². The molecule has 23 heavy (non-hydrogen) atoms. The minimum Gasteiger partial charge on any atom is -0.353 e. The molecule has 6 nitrogen and oxygen atoms in total. The number of fused-ring (bicyclic) bond motifs is 1. The van der Waals surface area contributed by atoms with E-state index in [2.05, 4.69) is 37.9 Å². The summed E-state index contributed by atoms with van der Waals surface area (Å²) in [4.78, 5) is 20.2. The summed E-state index contributed by atoms with van der Waals surface area (Å²) in [6, 6.07) is 1.73. The molecule has 2 aliphatic rings. The van der Waals surface area contributed by atoms with Gasteiger partial charge in [-0.25, -0.2) is 9.50 Å². The van der Waals surface area contributed by atoms with E-state index >= 15 is 0 Å². The molecule has 0 bridgehead atoms. The number of carbonyl (C=O) groups excluding carboxylic acids is 1. The van der Waals surface area contributed by atoms with Crippen molar-refractivity contribution in [1.29, 1.82) is 0 Å². The lowest BCUT2D eigenvalue weighted by Gasteiger charge is -2.19. The zero-order valence-electron chi connectivity index (χ0n) is 12.3. The lowest BCUT2D eigenvalue weighted by Crippen LogP contribution is -2.33. The minimum absolute atomic E-state index is 0.0448. The highest BCUT2D eigenvalue weighted by molar-refractivity contribution is 9.10. The van der Waals surface area contributed by atoms with E-state index in [4.69, 9.17) is 0 Å². The van der Waals surface area contributed by atoms with Crippen molar-refractivity contribution in [3.05, 3.63) is 50.8 Å². The van der Waals surface area contributed by atoms with Gasteiger partial charge in [0.15, 0.2) is 11.3 Å². The predicted octanol–water partition coefficient (Wildman–Crippen LogP) is 2.75. The molecule has 4 rings (SSSR count). The highest BCUT2D eigenvalue weighted by Crippen LogP contribution is 2.37. The summed E-state index contributed by atoms with van der Waals surface area (Å²) in [7, 11) is 0. The van der Waals surface area contributed by atoms with E-state index in [0.717, 1.165) is 22.3 Å². The number of aromatic nitrogens is 3. The number of hydrogen-bond acceptors (Lipinski definition) is 5. The fraction of sp³-hybridized carbons (Fsp3) is 0.267. The molecule has 0 atom stereocenters. The van der Waals surface area contributed by atoms with Crippen molar-refractivity contribution in [3.63, 3.8) is 0 Å². The fourth-order valence-electron chi connectivity index (χ4n) is 2.80.